The topological polar surface area (TPSA) is 60.9 Å². The molecule has 0 aliphatic carbocycles. The van der Waals surface area contributed by atoms with E-state index in [1.54, 1.807) is 12.1 Å². The van der Waals surface area contributed by atoms with Gasteiger partial charge in [0, 0.05) is 22.6 Å². The molecule has 0 fully saturated rings. The summed E-state index contributed by atoms with van der Waals surface area (Å²) in [5.74, 6) is 0.354. The summed E-state index contributed by atoms with van der Waals surface area (Å²) in [7, 11) is 0.673. The van der Waals surface area contributed by atoms with Crippen molar-refractivity contribution in [2.45, 2.75) is 10.6 Å². The number of benzene rings is 2. The maximum atomic E-state index is 12.6. The molecule has 1 atom stereocenters. The highest BCUT2D eigenvalue weighted by atomic mass is 79.9. The van der Waals surface area contributed by atoms with E-state index in [9.17, 15) is 4.21 Å². The van der Waals surface area contributed by atoms with E-state index >= 15 is 0 Å². The van der Waals surface area contributed by atoms with Crippen LogP contribution in [0.2, 0.25) is 0 Å². The summed E-state index contributed by atoms with van der Waals surface area (Å²) in [6.07, 6.45) is 0. The first-order chi connectivity index (χ1) is 10.1. The van der Waals surface area contributed by atoms with Gasteiger partial charge in [0.25, 0.3) is 0 Å². The van der Waals surface area contributed by atoms with E-state index in [0.29, 0.717) is 16.3 Å². The van der Waals surface area contributed by atoms with Gasteiger partial charge in [-0.2, -0.15) is 5.10 Å². The van der Waals surface area contributed by atoms with Gasteiger partial charge in [0.15, 0.2) is 0 Å². The molecule has 1 aromatic heterocycles. The maximum Gasteiger partial charge on any atom is 0.0831 e. The van der Waals surface area contributed by atoms with Gasteiger partial charge in [0.1, 0.15) is 0 Å². The highest BCUT2D eigenvalue weighted by Gasteiger charge is 2.14. The number of hydrogen-bond acceptors (Lipinski definition) is 3. The Morgan fingerprint density at radius 3 is 2.81 bits per heavy atom. The Kier molecular flexibility index (Phi) is 3.82. The van der Waals surface area contributed by atoms with Crippen molar-refractivity contribution in [3.8, 4) is 0 Å². The molecule has 0 saturated heterocycles. The first-order valence-corrected chi connectivity index (χ1v) is 8.51. The van der Waals surface area contributed by atoms with Crippen molar-refractivity contribution in [3.05, 3.63) is 52.6 Å². The lowest BCUT2D eigenvalue weighted by Crippen LogP contribution is -2.02. The molecule has 3 rings (SSSR count). The summed E-state index contributed by atoms with van der Waals surface area (Å²) in [6, 6.07) is 13.3. The molecule has 0 radical (unpaired) electrons. The molecular weight excluding hydrogens is 350 g/mol. The third kappa shape index (κ3) is 2.73. The molecule has 0 saturated carbocycles. The minimum absolute atomic E-state index is 0.354. The minimum Gasteiger partial charge on any atom is -0.398 e. The molecule has 0 aliphatic rings. The van der Waals surface area contributed by atoms with Crippen molar-refractivity contribution in [1.82, 2.24) is 9.78 Å². The molecule has 0 aliphatic heterocycles. The second-order valence-corrected chi connectivity index (χ2v) is 7.09. The molecule has 21 heavy (non-hydrogen) atoms. The molecule has 0 spiro atoms. The number of fused-ring (bicyclic) bond motifs is 1. The Bertz CT molecular complexity index is 844. The minimum atomic E-state index is -1.22. The summed E-state index contributed by atoms with van der Waals surface area (Å²) >= 11 is 3.35. The van der Waals surface area contributed by atoms with E-state index < -0.39 is 10.8 Å². The number of hydrogen-bond donors (Lipinski definition) is 1. The third-order valence-electron chi connectivity index (χ3n) is 3.32. The van der Waals surface area contributed by atoms with Gasteiger partial charge in [-0.3, -0.25) is 8.89 Å². The molecule has 1 unspecified atom stereocenters. The van der Waals surface area contributed by atoms with Crippen molar-refractivity contribution in [3.63, 3.8) is 0 Å². The summed E-state index contributed by atoms with van der Waals surface area (Å²) in [5, 5.41) is 5.51. The van der Waals surface area contributed by atoms with E-state index in [1.807, 2.05) is 42.1 Å². The van der Waals surface area contributed by atoms with Gasteiger partial charge >= 0.3 is 0 Å². The van der Waals surface area contributed by atoms with Crippen LogP contribution in [-0.4, -0.2) is 14.0 Å². The monoisotopic (exact) mass is 363 g/mol. The number of halogens is 1. The standard InChI is InChI=1S/C15H14BrN3OS/c1-19-14-5-3-2-4-11(14)13(18-19)9-21(20)15-7-6-10(16)8-12(15)17/h2-8H,9,17H2,1H3. The van der Waals surface area contributed by atoms with E-state index in [-0.39, 0.29) is 0 Å². The first-order valence-electron chi connectivity index (χ1n) is 6.40. The van der Waals surface area contributed by atoms with Crippen molar-refractivity contribution < 1.29 is 4.21 Å². The molecule has 1 heterocycles. The third-order valence-corrected chi connectivity index (χ3v) is 5.21. The van der Waals surface area contributed by atoms with Crippen molar-refractivity contribution >= 4 is 43.3 Å². The maximum absolute atomic E-state index is 12.6. The zero-order valence-corrected chi connectivity index (χ0v) is 13.8. The molecule has 0 bridgehead atoms. The highest BCUT2D eigenvalue weighted by Crippen LogP contribution is 2.25. The van der Waals surface area contributed by atoms with E-state index in [2.05, 4.69) is 21.0 Å². The second kappa shape index (κ2) is 5.61. The largest absolute Gasteiger partial charge is 0.398 e. The van der Waals surface area contributed by atoms with Gasteiger partial charge in [0.05, 0.1) is 32.7 Å². The van der Waals surface area contributed by atoms with Crippen molar-refractivity contribution in [2.75, 3.05) is 5.73 Å². The number of nitrogens with two attached hydrogens (primary N) is 1. The Hall–Kier alpha value is -1.66. The van der Waals surface area contributed by atoms with Crippen LogP contribution in [0.5, 0.6) is 0 Å². The molecule has 2 aromatic carbocycles. The molecule has 4 nitrogen and oxygen atoms in total. The number of nitrogens with zero attached hydrogens (tertiary/aromatic N) is 2. The fourth-order valence-corrected chi connectivity index (χ4v) is 3.86. The van der Waals surface area contributed by atoms with Crippen molar-refractivity contribution in [1.29, 1.82) is 0 Å². The normalized spacial score (nSPS) is 12.7. The van der Waals surface area contributed by atoms with Gasteiger partial charge < -0.3 is 5.73 Å². The van der Waals surface area contributed by atoms with E-state index in [1.165, 1.54) is 0 Å². The number of aryl methyl sites for hydroxylation is 1. The lowest BCUT2D eigenvalue weighted by Gasteiger charge is -2.05. The predicted octanol–water partition coefficient (Wildman–Crippen LogP) is 3.23. The molecule has 0 amide bonds. The second-order valence-electron chi connectivity index (χ2n) is 4.76. The van der Waals surface area contributed by atoms with Gasteiger partial charge in [-0.1, -0.05) is 34.1 Å². The van der Waals surface area contributed by atoms with E-state index in [4.69, 9.17) is 5.73 Å². The predicted molar refractivity (Wildman–Crippen MR) is 89.4 cm³/mol. The average molecular weight is 364 g/mol. The number of aromatic nitrogens is 2. The number of para-hydroxylation sites is 1. The summed E-state index contributed by atoms with van der Waals surface area (Å²) < 4.78 is 15.3. The van der Waals surface area contributed by atoms with Crippen LogP contribution in [-0.2, 0) is 23.6 Å². The van der Waals surface area contributed by atoms with Crippen LogP contribution in [0.15, 0.2) is 51.8 Å². The molecular formula is C15H14BrN3OS. The zero-order valence-electron chi connectivity index (χ0n) is 11.4. The van der Waals surface area contributed by atoms with Crippen LogP contribution in [0.25, 0.3) is 10.9 Å². The van der Waals surface area contributed by atoms with Gasteiger partial charge in [-0.25, -0.2) is 0 Å². The molecule has 3 aromatic rings. The molecule has 2 N–H and O–H groups in total. The van der Waals surface area contributed by atoms with Gasteiger partial charge in [-0.05, 0) is 24.3 Å². The lowest BCUT2D eigenvalue weighted by molar-refractivity contribution is 0.681. The van der Waals surface area contributed by atoms with Crippen LogP contribution in [0, 0.1) is 0 Å². The quantitative estimate of drug-likeness (QED) is 0.726. The fourth-order valence-electron chi connectivity index (χ4n) is 2.32. The summed E-state index contributed by atoms with van der Waals surface area (Å²) in [5.41, 5.74) is 8.34. The Morgan fingerprint density at radius 2 is 2.05 bits per heavy atom. The Labute approximate surface area is 133 Å². The van der Waals surface area contributed by atoms with Crippen LogP contribution in [0.4, 0.5) is 5.69 Å². The fraction of sp³-hybridized carbons (Fsp3) is 0.133. The van der Waals surface area contributed by atoms with Crippen LogP contribution < -0.4 is 5.73 Å². The summed E-state index contributed by atoms with van der Waals surface area (Å²) in [4.78, 5) is 0.646. The smallest absolute Gasteiger partial charge is 0.0831 e. The average Bonchev–Trinajstić information content (AvgIpc) is 2.76. The molecule has 6 heteroatoms. The van der Waals surface area contributed by atoms with Crippen LogP contribution >= 0.6 is 15.9 Å². The lowest BCUT2D eigenvalue weighted by atomic mass is 10.2. The van der Waals surface area contributed by atoms with E-state index in [0.717, 1.165) is 21.1 Å². The summed E-state index contributed by atoms with van der Waals surface area (Å²) in [6.45, 7) is 0. The number of anilines is 1. The van der Waals surface area contributed by atoms with Crippen LogP contribution in [0.1, 0.15) is 5.69 Å². The van der Waals surface area contributed by atoms with Crippen LogP contribution in [0.3, 0.4) is 0 Å². The van der Waals surface area contributed by atoms with Gasteiger partial charge in [0.2, 0.25) is 0 Å². The first kappa shape index (κ1) is 14.3. The van der Waals surface area contributed by atoms with Gasteiger partial charge in [-0.15, -0.1) is 0 Å². The Balaban J connectivity index is 1.97. The zero-order chi connectivity index (χ0) is 15.0. The number of rotatable bonds is 3. The molecule has 108 valence electrons. The SMILES string of the molecule is Cn1nc(CS(=O)c2ccc(Br)cc2N)c2ccccc21. The Morgan fingerprint density at radius 1 is 1.29 bits per heavy atom. The van der Waals surface area contributed by atoms with Crippen molar-refractivity contribution in [2.24, 2.45) is 7.05 Å². The number of nitrogen functional groups attached to an aromatic ring is 1. The highest BCUT2D eigenvalue weighted by molar-refractivity contribution is 9.10.